The van der Waals surface area contributed by atoms with E-state index < -0.39 is 5.97 Å². The van der Waals surface area contributed by atoms with Crippen LogP contribution in [0.3, 0.4) is 0 Å². The number of carboxylic acid groups (broad SMARTS) is 1. The number of rotatable bonds is 6. The van der Waals surface area contributed by atoms with Crippen LogP contribution in [0.15, 0.2) is 66.8 Å². The summed E-state index contributed by atoms with van der Waals surface area (Å²) in [7, 11) is 0. The second-order valence-corrected chi connectivity index (χ2v) is 6.07. The minimum atomic E-state index is -0.968. The SMILES string of the molecule is O=C(O)C=CC=Cc1nc2ccc(OCc3ccccc3)cc2s1. The van der Waals surface area contributed by atoms with Crippen molar-refractivity contribution in [3.8, 4) is 5.75 Å². The molecule has 0 aliphatic heterocycles. The monoisotopic (exact) mass is 337 g/mol. The third-order valence-electron chi connectivity index (χ3n) is 3.21. The average Bonchev–Trinajstić information content (AvgIpc) is 2.99. The van der Waals surface area contributed by atoms with Crippen molar-refractivity contribution in [3.05, 3.63) is 77.3 Å². The molecule has 0 spiro atoms. The number of carbonyl (C=O) groups is 1. The van der Waals surface area contributed by atoms with Gasteiger partial charge in [-0.25, -0.2) is 9.78 Å². The van der Waals surface area contributed by atoms with Gasteiger partial charge in [0.05, 0.1) is 10.2 Å². The highest BCUT2D eigenvalue weighted by molar-refractivity contribution is 7.19. The highest BCUT2D eigenvalue weighted by Gasteiger charge is 2.03. The van der Waals surface area contributed by atoms with Gasteiger partial charge in [0.2, 0.25) is 0 Å². The van der Waals surface area contributed by atoms with Crippen LogP contribution in [0, 0.1) is 0 Å². The lowest BCUT2D eigenvalue weighted by Gasteiger charge is -2.05. The maximum atomic E-state index is 10.4. The lowest BCUT2D eigenvalue weighted by molar-refractivity contribution is -0.131. The fourth-order valence-corrected chi connectivity index (χ4v) is 3.01. The zero-order valence-corrected chi connectivity index (χ0v) is 13.6. The molecule has 0 atom stereocenters. The topological polar surface area (TPSA) is 59.4 Å². The van der Waals surface area contributed by atoms with Crippen LogP contribution in [0.4, 0.5) is 0 Å². The number of thiazole rings is 1. The van der Waals surface area contributed by atoms with Gasteiger partial charge in [-0.2, -0.15) is 0 Å². The molecule has 24 heavy (non-hydrogen) atoms. The number of hydrogen-bond acceptors (Lipinski definition) is 4. The Morgan fingerprint density at radius 1 is 1.17 bits per heavy atom. The number of carboxylic acids is 1. The van der Waals surface area contributed by atoms with E-state index in [0.29, 0.717) is 6.61 Å². The van der Waals surface area contributed by atoms with Gasteiger partial charge < -0.3 is 9.84 Å². The molecule has 0 radical (unpaired) electrons. The summed E-state index contributed by atoms with van der Waals surface area (Å²) in [6.45, 7) is 0.526. The Balaban J connectivity index is 1.70. The Morgan fingerprint density at radius 3 is 2.79 bits per heavy atom. The minimum Gasteiger partial charge on any atom is -0.489 e. The van der Waals surface area contributed by atoms with Crippen LogP contribution in [-0.2, 0) is 11.4 Å². The number of nitrogens with zero attached hydrogens (tertiary/aromatic N) is 1. The molecule has 120 valence electrons. The van der Waals surface area contributed by atoms with Gasteiger partial charge in [-0.1, -0.05) is 42.5 Å². The van der Waals surface area contributed by atoms with Gasteiger partial charge in [0.15, 0.2) is 0 Å². The summed E-state index contributed by atoms with van der Waals surface area (Å²) in [5.41, 5.74) is 2.02. The first-order chi connectivity index (χ1) is 11.7. The summed E-state index contributed by atoms with van der Waals surface area (Å²) in [6, 6.07) is 15.8. The van der Waals surface area contributed by atoms with E-state index >= 15 is 0 Å². The normalized spacial score (nSPS) is 11.5. The fraction of sp³-hybridized carbons (Fsp3) is 0.0526. The van der Waals surface area contributed by atoms with E-state index in [4.69, 9.17) is 9.84 Å². The highest BCUT2D eigenvalue weighted by atomic mass is 32.1. The first kappa shape index (κ1) is 16.0. The standard InChI is InChI=1S/C19H15NO3S/c21-19(22)9-5-4-8-18-20-16-11-10-15(12-17(16)24-18)23-13-14-6-2-1-3-7-14/h1-12H,13H2,(H,21,22). The van der Waals surface area contributed by atoms with Gasteiger partial charge in [0, 0.05) is 6.08 Å². The van der Waals surface area contributed by atoms with Crippen molar-refractivity contribution in [1.82, 2.24) is 4.98 Å². The lowest BCUT2D eigenvalue weighted by atomic mass is 10.2. The van der Waals surface area contributed by atoms with Gasteiger partial charge >= 0.3 is 5.97 Å². The van der Waals surface area contributed by atoms with Crippen LogP contribution >= 0.6 is 11.3 Å². The second kappa shape index (κ2) is 7.57. The van der Waals surface area contributed by atoms with Gasteiger partial charge in [0.25, 0.3) is 0 Å². The van der Waals surface area contributed by atoms with E-state index in [9.17, 15) is 4.79 Å². The Kier molecular flexibility index (Phi) is 5.03. The first-order valence-corrected chi connectivity index (χ1v) is 8.17. The molecule has 4 nitrogen and oxygen atoms in total. The van der Waals surface area contributed by atoms with Gasteiger partial charge in [-0.15, -0.1) is 11.3 Å². The molecule has 1 aromatic heterocycles. The van der Waals surface area contributed by atoms with Gasteiger partial charge in [-0.05, 0) is 29.8 Å². The number of ether oxygens (including phenoxy) is 1. The molecule has 0 amide bonds. The molecule has 0 aliphatic rings. The summed E-state index contributed by atoms with van der Waals surface area (Å²) < 4.78 is 6.85. The predicted octanol–water partition coefficient (Wildman–Crippen LogP) is 4.53. The molecular weight excluding hydrogens is 322 g/mol. The van der Waals surface area contributed by atoms with E-state index in [1.54, 1.807) is 12.2 Å². The van der Waals surface area contributed by atoms with E-state index in [2.05, 4.69) is 4.98 Å². The van der Waals surface area contributed by atoms with Crippen molar-refractivity contribution in [2.45, 2.75) is 6.61 Å². The van der Waals surface area contributed by atoms with Crippen molar-refractivity contribution in [3.63, 3.8) is 0 Å². The van der Waals surface area contributed by atoms with Crippen LogP contribution in [0.5, 0.6) is 5.75 Å². The second-order valence-electron chi connectivity index (χ2n) is 5.01. The van der Waals surface area contributed by atoms with Crippen LogP contribution in [0.2, 0.25) is 0 Å². The van der Waals surface area contributed by atoms with Gasteiger partial charge in [-0.3, -0.25) is 0 Å². The number of aliphatic carboxylic acids is 1. The smallest absolute Gasteiger partial charge is 0.328 e. The van der Waals surface area contributed by atoms with Crippen LogP contribution < -0.4 is 4.74 Å². The van der Waals surface area contributed by atoms with Crippen molar-refractivity contribution in [2.24, 2.45) is 0 Å². The van der Waals surface area contributed by atoms with Crippen LogP contribution in [0.25, 0.3) is 16.3 Å². The Hall–Kier alpha value is -2.92. The molecule has 0 aliphatic carbocycles. The summed E-state index contributed by atoms with van der Waals surface area (Å²) in [6.07, 6.45) is 6.01. The van der Waals surface area contributed by atoms with Gasteiger partial charge in [0.1, 0.15) is 17.4 Å². The molecule has 3 aromatic rings. The molecule has 0 saturated carbocycles. The molecule has 1 heterocycles. The lowest BCUT2D eigenvalue weighted by Crippen LogP contribution is -1.94. The number of hydrogen-bond donors (Lipinski definition) is 1. The summed E-state index contributed by atoms with van der Waals surface area (Å²) in [5.74, 6) is -0.166. The predicted molar refractivity (Wildman–Crippen MR) is 96.2 cm³/mol. The Morgan fingerprint density at radius 2 is 2.00 bits per heavy atom. The fourth-order valence-electron chi connectivity index (χ4n) is 2.10. The molecule has 0 unspecified atom stereocenters. The summed E-state index contributed by atoms with van der Waals surface area (Å²) >= 11 is 1.53. The van der Waals surface area contributed by atoms with Crippen LogP contribution in [-0.4, -0.2) is 16.1 Å². The molecule has 0 saturated heterocycles. The maximum Gasteiger partial charge on any atom is 0.328 e. The van der Waals surface area contributed by atoms with Crippen molar-refractivity contribution < 1.29 is 14.6 Å². The molecule has 5 heteroatoms. The first-order valence-electron chi connectivity index (χ1n) is 7.36. The van der Waals surface area contributed by atoms with Crippen molar-refractivity contribution in [2.75, 3.05) is 0 Å². The van der Waals surface area contributed by atoms with E-state index in [-0.39, 0.29) is 0 Å². The number of fused-ring (bicyclic) bond motifs is 1. The van der Waals surface area contributed by atoms with Crippen LogP contribution in [0.1, 0.15) is 10.6 Å². The van der Waals surface area contributed by atoms with E-state index in [0.717, 1.165) is 32.6 Å². The molecular formula is C19H15NO3S. The van der Waals surface area contributed by atoms with E-state index in [1.165, 1.54) is 17.4 Å². The summed E-state index contributed by atoms with van der Waals surface area (Å²) in [4.78, 5) is 14.9. The highest BCUT2D eigenvalue weighted by Crippen LogP contribution is 2.27. The van der Waals surface area contributed by atoms with Crippen molar-refractivity contribution >= 4 is 33.6 Å². The molecule has 3 rings (SSSR count). The average molecular weight is 337 g/mol. The Labute approximate surface area is 143 Å². The zero-order chi connectivity index (χ0) is 16.8. The Bertz CT molecular complexity index is 897. The number of aromatic nitrogens is 1. The molecule has 1 N–H and O–H groups in total. The summed E-state index contributed by atoms with van der Waals surface area (Å²) in [5, 5.41) is 9.36. The van der Waals surface area contributed by atoms with Crippen molar-refractivity contribution in [1.29, 1.82) is 0 Å². The molecule has 0 bridgehead atoms. The number of benzene rings is 2. The number of allylic oxidation sites excluding steroid dienone is 2. The maximum absolute atomic E-state index is 10.4. The third kappa shape index (κ3) is 4.30. The molecule has 2 aromatic carbocycles. The third-order valence-corrected chi connectivity index (χ3v) is 4.20. The molecule has 0 fully saturated rings. The largest absolute Gasteiger partial charge is 0.489 e. The quantitative estimate of drug-likeness (QED) is 0.530. The minimum absolute atomic E-state index is 0.526. The zero-order valence-electron chi connectivity index (χ0n) is 12.8. The van der Waals surface area contributed by atoms with E-state index in [1.807, 2.05) is 48.5 Å².